The Morgan fingerprint density at radius 1 is 0.833 bits per heavy atom. The topological polar surface area (TPSA) is 249 Å². The van der Waals surface area contributed by atoms with Gasteiger partial charge in [0.05, 0.1) is 12.7 Å². The zero-order valence-electron chi connectivity index (χ0n) is 21.9. The van der Waals surface area contributed by atoms with Crippen LogP contribution in [0.2, 0.25) is 0 Å². The fourth-order valence-electron chi connectivity index (χ4n) is 4.85. The van der Waals surface area contributed by atoms with Crippen LogP contribution in [0.3, 0.4) is 0 Å². The number of ether oxygens (including phenoxy) is 4. The molecule has 228 valence electrons. The first-order valence-electron chi connectivity index (χ1n) is 12.9. The van der Waals surface area contributed by atoms with Crippen molar-refractivity contribution >= 4 is 11.0 Å². The van der Waals surface area contributed by atoms with Gasteiger partial charge in [0.15, 0.2) is 18.2 Å². The molecule has 15 heteroatoms. The van der Waals surface area contributed by atoms with Gasteiger partial charge in [-0.2, -0.15) is 0 Å². The van der Waals surface area contributed by atoms with Crippen molar-refractivity contribution < 1.29 is 69.3 Å². The van der Waals surface area contributed by atoms with Gasteiger partial charge in [0.2, 0.25) is 17.5 Å². The summed E-state index contributed by atoms with van der Waals surface area (Å²) in [7, 11) is 0. The maximum Gasteiger partial charge on any atom is 0.238 e. The van der Waals surface area contributed by atoms with E-state index in [1.807, 2.05) is 0 Å². The third-order valence-electron chi connectivity index (χ3n) is 7.23. The van der Waals surface area contributed by atoms with Crippen LogP contribution in [-0.2, 0) is 14.2 Å². The van der Waals surface area contributed by atoms with E-state index in [0.29, 0.717) is 0 Å². The van der Waals surface area contributed by atoms with Gasteiger partial charge in [-0.3, -0.25) is 4.79 Å². The van der Waals surface area contributed by atoms with Crippen LogP contribution in [0.15, 0.2) is 45.6 Å². The number of fused-ring (bicyclic) bond motifs is 1. The standard InChI is InChI=1S/C27H30O15/c1-9-17(31)20(34)23(37)26(38-9)42-25-21(35)18(32)15(8-28)41-27(25)39-12-6-13(30)16-14(7-12)40-24(22(36)19(16)33)10-2-4-11(29)5-3-10/h2-7,9,15,17-18,20-21,23,25-32,34-37H,8H2,1H3/t9-,15+,17-,18+,20-,21+,23-,25-,26-,27+/m0/s1. The predicted molar refractivity (Wildman–Crippen MR) is 139 cm³/mol. The highest BCUT2D eigenvalue weighted by molar-refractivity contribution is 5.88. The molecule has 1 aromatic heterocycles. The quantitative estimate of drug-likeness (QED) is 0.159. The van der Waals surface area contributed by atoms with E-state index in [1.165, 1.54) is 37.3 Å². The molecule has 0 radical (unpaired) electrons. The van der Waals surface area contributed by atoms with Crippen LogP contribution in [0.1, 0.15) is 6.92 Å². The Morgan fingerprint density at radius 3 is 2.19 bits per heavy atom. The normalized spacial score (nSPS) is 33.5. The summed E-state index contributed by atoms with van der Waals surface area (Å²) in [4.78, 5) is 12.9. The molecule has 2 fully saturated rings. The van der Waals surface area contributed by atoms with Crippen LogP contribution < -0.4 is 10.2 Å². The van der Waals surface area contributed by atoms with E-state index in [1.54, 1.807) is 0 Å². The molecule has 0 saturated carbocycles. The lowest BCUT2D eigenvalue weighted by Gasteiger charge is -2.45. The summed E-state index contributed by atoms with van der Waals surface area (Å²) in [6.45, 7) is 0.660. The molecule has 2 aromatic carbocycles. The van der Waals surface area contributed by atoms with Gasteiger partial charge in [-0.15, -0.1) is 0 Å². The Kier molecular flexibility index (Phi) is 8.30. The molecule has 42 heavy (non-hydrogen) atoms. The first-order chi connectivity index (χ1) is 19.9. The van der Waals surface area contributed by atoms with Crippen molar-refractivity contribution in [2.45, 2.75) is 68.3 Å². The third-order valence-corrected chi connectivity index (χ3v) is 7.23. The first-order valence-corrected chi connectivity index (χ1v) is 12.9. The lowest BCUT2D eigenvalue weighted by molar-refractivity contribution is -0.354. The number of benzene rings is 2. The summed E-state index contributed by atoms with van der Waals surface area (Å²) in [5.74, 6) is -2.00. The lowest BCUT2D eigenvalue weighted by Crippen LogP contribution is -2.64. The molecule has 15 nitrogen and oxygen atoms in total. The van der Waals surface area contributed by atoms with E-state index in [2.05, 4.69) is 0 Å². The van der Waals surface area contributed by atoms with E-state index < -0.39 is 84.9 Å². The second kappa shape index (κ2) is 11.6. The maximum atomic E-state index is 12.9. The Bertz CT molecular complexity index is 1470. The molecule has 5 rings (SSSR count). The summed E-state index contributed by atoms with van der Waals surface area (Å²) >= 11 is 0. The van der Waals surface area contributed by atoms with Crippen molar-refractivity contribution in [2.75, 3.05) is 6.61 Å². The van der Waals surface area contributed by atoms with E-state index >= 15 is 0 Å². The van der Waals surface area contributed by atoms with Gasteiger partial charge >= 0.3 is 0 Å². The van der Waals surface area contributed by atoms with E-state index in [4.69, 9.17) is 23.4 Å². The molecule has 0 unspecified atom stereocenters. The Hall–Kier alpha value is -3.51. The zero-order chi connectivity index (χ0) is 30.5. The SMILES string of the molecule is C[C@@H]1O[C@@H](O[C@@H]2[C@H](Oc3cc(O)c4c(=O)c(O)c(-c5ccc(O)cc5)oc4c3)O[C@H](CO)[C@@H](O)[C@H]2O)[C@@H](O)[C@@H](O)[C@H]1O. The second-order valence-corrected chi connectivity index (χ2v) is 10.1. The van der Waals surface area contributed by atoms with E-state index in [-0.39, 0.29) is 33.8 Å². The molecule has 10 atom stereocenters. The van der Waals surface area contributed by atoms with Gasteiger partial charge < -0.3 is 69.3 Å². The fraction of sp³-hybridized carbons (Fsp3) is 0.444. The highest BCUT2D eigenvalue weighted by atomic mass is 16.8. The molecule has 3 heterocycles. The largest absolute Gasteiger partial charge is 0.508 e. The minimum absolute atomic E-state index is 0.0706. The molecular formula is C27H30O15. The van der Waals surface area contributed by atoms with Crippen molar-refractivity contribution in [2.24, 2.45) is 0 Å². The van der Waals surface area contributed by atoms with Crippen molar-refractivity contribution in [3.05, 3.63) is 46.6 Å². The Labute approximate surface area is 236 Å². The van der Waals surface area contributed by atoms with Gasteiger partial charge in [0, 0.05) is 17.7 Å². The van der Waals surface area contributed by atoms with Gasteiger partial charge in [0.1, 0.15) is 64.8 Å². The van der Waals surface area contributed by atoms with Crippen LogP contribution in [0.5, 0.6) is 23.0 Å². The number of phenolic OH excluding ortho intramolecular Hbond substituents is 2. The number of hydrogen-bond donors (Lipinski definition) is 9. The summed E-state index contributed by atoms with van der Waals surface area (Å²) in [6, 6.07) is 7.54. The van der Waals surface area contributed by atoms with Gasteiger partial charge in [0.25, 0.3) is 0 Å². The van der Waals surface area contributed by atoms with Crippen molar-refractivity contribution in [3.8, 4) is 34.3 Å². The zero-order valence-corrected chi connectivity index (χ0v) is 21.9. The molecule has 2 aliphatic rings. The van der Waals surface area contributed by atoms with Crippen molar-refractivity contribution in [1.82, 2.24) is 0 Å². The average Bonchev–Trinajstić information content (AvgIpc) is 2.96. The molecule has 3 aromatic rings. The summed E-state index contributed by atoms with van der Waals surface area (Å²) < 4.78 is 28.2. The van der Waals surface area contributed by atoms with Crippen LogP contribution in [0, 0.1) is 0 Å². The summed E-state index contributed by atoms with van der Waals surface area (Å²) in [5, 5.41) is 91.7. The number of hydrogen-bond acceptors (Lipinski definition) is 15. The number of aliphatic hydroxyl groups is 6. The summed E-state index contributed by atoms with van der Waals surface area (Å²) in [6.07, 6.45) is -15.6. The number of aromatic hydroxyl groups is 3. The monoisotopic (exact) mass is 594 g/mol. The van der Waals surface area contributed by atoms with E-state index in [0.717, 1.165) is 6.07 Å². The molecule has 0 aliphatic carbocycles. The van der Waals surface area contributed by atoms with Crippen LogP contribution in [0.25, 0.3) is 22.3 Å². The van der Waals surface area contributed by atoms with Crippen LogP contribution in [0.4, 0.5) is 0 Å². The highest BCUT2D eigenvalue weighted by Crippen LogP contribution is 2.37. The molecule has 0 bridgehead atoms. The van der Waals surface area contributed by atoms with Gasteiger partial charge in [-0.1, -0.05) is 0 Å². The fourth-order valence-corrected chi connectivity index (χ4v) is 4.85. The second-order valence-electron chi connectivity index (χ2n) is 10.1. The molecule has 9 N–H and O–H groups in total. The van der Waals surface area contributed by atoms with Crippen LogP contribution >= 0.6 is 0 Å². The smallest absolute Gasteiger partial charge is 0.238 e. The molecule has 0 spiro atoms. The van der Waals surface area contributed by atoms with Crippen molar-refractivity contribution in [1.29, 1.82) is 0 Å². The molecule has 2 saturated heterocycles. The van der Waals surface area contributed by atoms with Gasteiger partial charge in [-0.05, 0) is 31.2 Å². The number of rotatable bonds is 6. The molecular weight excluding hydrogens is 564 g/mol. The first kappa shape index (κ1) is 30.0. The lowest BCUT2D eigenvalue weighted by atomic mass is 9.97. The highest BCUT2D eigenvalue weighted by Gasteiger charge is 2.51. The predicted octanol–water partition coefficient (Wildman–Crippen LogP) is -1.39. The number of aliphatic hydroxyl groups excluding tert-OH is 6. The minimum Gasteiger partial charge on any atom is -0.508 e. The molecule has 2 aliphatic heterocycles. The minimum atomic E-state index is -1.79. The van der Waals surface area contributed by atoms with Crippen LogP contribution in [-0.4, -0.2) is 114 Å². The maximum absolute atomic E-state index is 12.9. The van der Waals surface area contributed by atoms with E-state index in [9.17, 15) is 50.8 Å². The summed E-state index contributed by atoms with van der Waals surface area (Å²) in [5.41, 5.74) is -0.967. The average molecular weight is 595 g/mol. The van der Waals surface area contributed by atoms with Gasteiger partial charge in [-0.25, -0.2) is 0 Å². The number of phenols is 2. The third kappa shape index (κ3) is 5.37. The molecule has 0 amide bonds. The Balaban J connectivity index is 1.50. The van der Waals surface area contributed by atoms with Crippen molar-refractivity contribution in [3.63, 3.8) is 0 Å². The Morgan fingerprint density at radius 2 is 1.52 bits per heavy atom.